The van der Waals surface area contributed by atoms with Crippen molar-refractivity contribution < 1.29 is 4.39 Å². The molecule has 3 nitrogen and oxygen atoms in total. The number of piperazine rings is 1. The van der Waals surface area contributed by atoms with Gasteiger partial charge < -0.3 is 5.32 Å². The van der Waals surface area contributed by atoms with Gasteiger partial charge in [-0.2, -0.15) is 5.26 Å². The third-order valence-corrected chi connectivity index (χ3v) is 4.05. The minimum atomic E-state index is -0.273. The van der Waals surface area contributed by atoms with Crippen LogP contribution in [0, 0.1) is 17.1 Å². The quantitative estimate of drug-likeness (QED) is 0.932. The summed E-state index contributed by atoms with van der Waals surface area (Å²) in [6, 6.07) is 7.17. The fraction of sp³-hybridized carbons (Fsp3) is 0.462. The highest BCUT2D eigenvalue weighted by atomic mass is 79.9. The highest BCUT2D eigenvalue weighted by Crippen LogP contribution is 2.32. The molecular weight excluding hydrogens is 297 g/mol. The van der Waals surface area contributed by atoms with Gasteiger partial charge in [0.1, 0.15) is 5.82 Å². The molecule has 0 aliphatic carbocycles. The molecule has 1 atom stereocenters. The van der Waals surface area contributed by atoms with Gasteiger partial charge in [0.15, 0.2) is 0 Å². The van der Waals surface area contributed by atoms with Crippen LogP contribution in [0.25, 0.3) is 0 Å². The van der Waals surface area contributed by atoms with E-state index in [1.54, 1.807) is 6.07 Å². The molecule has 1 aromatic rings. The predicted molar refractivity (Wildman–Crippen MR) is 71.5 cm³/mol. The van der Waals surface area contributed by atoms with Crippen LogP contribution in [0.4, 0.5) is 4.39 Å². The van der Waals surface area contributed by atoms with Gasteiger partial charge in [-0.1, -0.05) is 12.1 Å². The molecule has 1 aliphatic rings. The molecule has 0 aromatic heterocycles. The molecule has 1 aromatic carbocycles. The third-order valence-electron chi connectivity index (χ3n) is 3.22. The van der Waals surface area contributed by atoms with Gasteiger partial charge in [-0.25, -0.2) is 4.39 Å². The average molecular weight is 312 g/mol. The van der Waals surface area contributed by atoms with Crippen molar-refractivity contribution in [3.8, 4) is 6.07 Å². The zero-order valence-corrected chi connectivity index (χ0v) is 11.6. The van der Waals surface area contributed by atoms with Crippen molar-refractivity contribution in [1.29, 1.82) is 5.26 Å². The molecule has 96 valence electrons. The molecule has 0 amide bonds. The third kappa shape index (κ3) is 2.89. The van der Waals surface area contributed by atoms with Crippen LogP contribution in [0.3, 0.4) is 0 Å². The number of benzene rings is 1. The normalized spacial score (nSPS) is 18.3. The van der Waals surface area contributed by atoms with Gasteiger partial charge in [0, 0.05) is 32.2 Å². The summed E-state index contributed by atoms with van der Waals surface area (Å²) in [4.78, 5) is 2.24. The maximum Gasteiger partial charge on any atom is 0.137 e. The lowest BCUT2D eigenvalue weighted by molar-refractivity contribution is 0.175. The molecule has 1 N–H and O–H groups in total. The second kappa shape index (κ2) is 6.28. The highest BCUT2D eigenvalue weighted by Gasteiger charge is 2.24. The Balaban J connectivity index is 2.28. The molecule has 1 saturated heterocycles. The van der Waals surface area contributed by atoms with Crippen LogP contribution < -0.4 is 5.32 Å². The van der Waals surface area contributed by atoms with E-state index < -0.39 is 0 Å². The fourth-order valence-electron chi connectivity index (χ4n) is 2.29. The molecular formula is C13H15BrFN3. The van der Waals surface area contributed by atoms with Crippen molar-refractivity contribution in [3.05, 3.63) is 34.1 Å². The first-order valence-electron chi connectivity index (χ1n) is 5.99. The molecule has 1 fully saturated rings. The second-order valence-corrected chi connectivity index (χ2v) is 5.10. The Hall–Kier alpha value is -0.960. The van der Waals surface area contributed by atoms with Gasteiger partial charge in [0.25, 0.3) is 0 Å². The molecule has 0 saturated carbocycles. The summed E-state index contributed by atoms with van der Waals surface area (Å²) in [6.45, 7) is 3.59. The van der Waals surface area contributed by atoms with Gasteiger partial charge in [-0.15, -0.1) is 0 Å². The number of nitrogens with one attached hydrogen (secondary N) is 1. The number of hydrogen-bond acceptors (Lipinski definition) is 3. The first-order valence-corrected chi connectivity index (χ1v) is 6.79. The Morgan fingerprint density at radius 1 is 1.44 bits per heavy atom. The highest BCUT2D eigenvalue weighted by molar-refractivity contribution is 9.10. The molecule has 1 aliphatic heterocycles. The van der Waals surface area contributed by atoms with Gasteiger partial charge in [-0.3, -0.25) is 4.90 Å². The Morgan fingerprint density at radius 2 is 2.17 bits per heavy atom. The van der Waals surface area contributed by atoms with Crippen molar-refractivity contribution in [1.82, 2.24) is 10.2 Å². The lowest BCUT2D eigenvalue weighted by Gasteiger charge is -2.34. The topological polar surface area (TPSA) is 39.1 Å². The van der Waals surface area contributed by atoms with Crippen molar-refractivity contribution in [3.63, 3.8) is 0 Å². The first kappa shape index (κ1) is 13.5. The molecule has 1 heterocycles. The van der Waals surface area contributed by atoms with Crippen molar-refractivity contribution in [2.24, 2.45) is 0 Å². The van der Waals surface area contributed by atoms with Crippen molar-refractivity contribution in [2.75, 3.05) is 26.2 Å². The summed E-state index contributed by atoms with van der Waals surface area (Å²) in [5.41, 5.74) is 0.860. The molecule has 0 unspecified atom stereocenters. The second-order valence-electron chi connectivity index (χ2n) is 4.31. The lowest BCUT2D eigenvalue weighted by Crippen LogP contribution is -2.45. The maximum atomic E-state index is 13.6. The van der Waals surface area contributed by atoms with Crippen LogP contribution >= 0.6 is 15.9 Å². The SMILES string of the molecule is N#CC[C@H](c1cccc(F)c1Br)N1CCNCC1. The van der Waals surface area contributed by atoms with Crippen molar-refractivity contribution >= 4 is 15.9 Å². The molecule has 0 bridgehead atoms. The minimum absolute atomic E-state index is 0.0397. The molecule has 18 heavy (non-hydrogen) atoms. The van der Waals surface area contributed by atoms with Gasteiger partial charge >= 0.3 is 0 Å². The zero-order valence-electron chi connectivity index (χ0n) is 10.00. The van der Waals surface area contributed by atoms with E-state index in [0.29, 0.717) is 10.9 Å². The van der Waals surface area contributed by atoms with Gasteiger partial charge in [0.2, 0.25) is 0 Å². The van der Waals surface area contributed by atoms with Gasteiger partial charge in [-0.05, 0) is 27.6 Å². The van der Waals surface area contributed by atoms with Crippen LogP contribution in [-0.2, 0) is 0 Å². The van der Waals surface area contributed by atoms with E-state index >= 15 is 0 Å². The summed E-state index contributed by atoms with van der Waals surface area (Å²) < 4.78 is 14.1. The predicted octanol–water partition coefficient (Wildman–Crippen LogP) is 2.45. The Morgan fingerprint density at radius 3 is 2.83 bits per heavy atom. The number of halogens is 2. The molecule has 5 heteroatoms. The Labute approximate surface area is 115 Å². The van der Waals surface area contributed by atoms with Crippen molar-refractivity contribution in [2.45, 2.75) is 12.5 Å². The minimum Gasteiger partial charge on any atom is -0.314 e. The monoisotopic (exact) mass is 311 g/mol. The van der Waals surface area contributed by atoms with E-state index in [9.17, 15) is 4.39 Å². The largest absolute Gasteiger partial charge is 0.314 e. The summed E-state index contributed by atoms with van der Waals surface area (Å²) in [6.07, 6.45) is 0.377. The first-order chi connectivity index (χ1) is 8.74. The molecule has 2 rings (SSSR count). The van der Waals surface area contributed by atoms with E-state index in [-0.39, 0.29) is 11.9 Å². The Kier molecular flexibility index (Phi) is 4.70. The number of nitriles is 1. The van der Waals surface area contributed by atoms with Crippen LogP contribution in [0.2, 0.25) is 0 Å². The van der Waals surface area contributed by atoms with E-state index in [1.165, 1.54) is 6.07 Å². The van der Waals surface area contributed by atoms with E-state index in [4.69, 9.17) is 5.26 Å². The fourth-order valence-corrected chi connectivity index (χ4v) is 2.82. The van der Waals surface area contributed by atoms with E-state index in [1.807, 2.05) is 6.07 Å². The zero-order chi connectivity index (χ0) is 13.0. The van der Waals surface area contributed by atoms with Gasteiger partial charge in [0.05, 0.1) is 17.0 Å². The van der Waals surface area contributed by atoms with Crippen LogP contribution in [0.1, 0.15) is 18.0 Å². The van der Waals surface area contributed by atoms with E-state index in [0.717, 1.165) is 31.7 Å². The Bertz CT molecular complexity index is 452. The summed E-state index contributed by atoms with van der Waals surface area (Å²) in [5, 5.41) is 12.3. The summed E-state index contributed by atoms with van der Waals surface area (Å²) in [7, 11) is 0. The molecule has 0 radical (unpaired) electrons. The van der Waals surface area contributed by atoms with E-state index in [2.05, 4.69) is 32.2 Å². The summed E-state index contributed by atoms with van der Waals surface area (Å²) >= 11 is 3.29. The van der Waals surface area contributed by atoms with Crippen LogP contribution in [0.5, 0.6) is 0 Å². The number of nitrogens with zero attached hydrogens (tertiary/aromatic N) is 2. The molecule has 0 spiro atoms. The smallest absolute Gasteiger partial charge is 0.137 e. The lowest BCUT2D eigenvalue weighted by atomic mass is 10.0. The standard InChI is InChI=1S/C13H15BrFN3/c14-13-10(2-1-3-11(13)15)12(4-5-16)18-8-6-17-7-9-18/h1-3,12,17H,4,6-9H2/t12-/m1/s1. The number of hydrogen-bond donors (Lipinski definition) is 1. The van der Waals surface area contributed by atoms with Crippen LogP contribution in [0.15, 0.2) is 22.7 Å². The average Bonchev–Trinajstić information content (AvgIpc) is 2.41. The maximum absolute atomic E-state index is 13.6. The van der Waals surface area contributed by atoms with Crippen LogP contribution in [-0.4, -0.2) is 31.1 Å². The summed E-state index contributed by atoms with van der Waals surface area (Å²) in [5.74, 6) is -0.273. The number of rotatable bonds is 3.